The standard InChI is InChI=1S/C11H16ClNO2/c1-9-10(12)3-2-4-11(9)13(5-7-14)6-8-15/h2-4,14-15H,5-8H2,1H3. The summed E-state index contributed by atoms with van der Waals surface area (Å²) in [7, 11) is 0. The predicted molar refractivity (Wildman–Crippen MR) is 62.6 cm³/mol. The lowest BCUT2D eigenvalue weighted by Crippen LogP contribution is -2.30. The monoisotopic (exact) mass is 229 g/mol. The van der Waals surface area contributed by atoms with Crippen molar-refractivity contribution in [3.8, 4) is 0 Å². The molecule has 0 aliphatic carbocycles. The SMILES string of the molecule is Cc1c(Cl)cccc1N(CCO)CCO. The summed E-state index contributed by atoms with van der Waals surface area (Å²) in [5.41, 5.74) is 1.94. The smallest absolute Gasteiger partial charge is 0.0606 e. The minimum Gasteiger partial charge on any atom is -0.395 e. The number of hydrogen-bond donors (Lipinski definition) is 2. The number of hydrogen-bond acceptors (Lipinski definition) is 3. The van der Waals surface area contributed by atoms with Crippen LogP contribution in [0.4, 0.5) is 5.69 Å². The molecule has 0 aliphatic heterocycles. The molecular weight excluding hydrogens is 214 g/mol. The molecule has 0 atom stereocenters. The minimum atomic E-state index is 0.0615. The van der Waals surface area contributed by atoms with Gasteiger partial charge in [0.05, 0.1) is 13.2 Å². The van der Waals surface area contributed by atoms with Crippen molar-refractivity contribution in [3.63, 3.8) is 0 Å². The van der Waals surface area contributed by atoms with E-state index in [1.165, 1.54) is 0 Å². The van der Waals surface area contributed by atoms with Gasteiger partial charge in [0, 0.05) is 23.8 Å². The van der Waals surface area contributed by atoms with Gasteiger partial charge in [-0.25, -0.2) is 0 Å². The van der Waals surface area contributed by atoms with Crippen LogP contribution in [-0.2, 0) is 0 Å². The van der Waals surface area contributed by atoms with E-state index in [2.05, 4.69) is 0 Å². The highest BCUT2D eigenvalue weighted by Gasteiger charge is 2.09. The van der Waals surface area contributed by atoms with Gasteiger partial charge in [-0.3, -0.25) is 0 Å². The second-order valence-corrected chi connectivity index (χ2v) is 3.73. The number of rotatable bonds is 5. The molecule has 0 unspecified atom stereocenters. The Kier molecular flexibility index (Phi) is 4.88. The molecule has 2 N–H and O–H groups in total. The zero-order chi connectivity index (χ0) is 11.3. The zero-order valence-corrected chi connectivity index (χ0v) is 9.54. The Balaban J connectivity index is 2.94. The molecule has 0 aromatic heterocycles. The van der Waals surface area contributed by atoms with Crippen LogP contribution in [0, 0.1) is 6.92 Å². The number of aliphatic hydroxyl groups excluding tert-OH is 2. The highest BCUT2D eigenvalue weighted by Crippen LogP contribution is 2.26. The average molecular weight is 230 g/mol. The van der Waals surface area contributed by atoms with E-state index in [4.69, 9.17) is 21.8 Å². The van der Waals surface area contributed by atoms with Crippen molar-refractivity contribution in [1.82, 2.24) is 0 Å². The third kappa shape index (κ3) is 3.09. The van der Waals surface area contributed by atoms with Gasteiger partial charge in [-0.15, -0.1) is 0 Å². The number of benzene rings is 1. The van der Waals surface area contributed by atoms with Crippen LogP contribution in [0.5, 0.6) is 0 Å². The zero-order valence-electron chi connectivity index (χ0n) is 8.78. The summed E-state index contributed by atoms with van der Waals surface area (Å²) in [5.74, 6) is 0. The Labute approximate surface area is 94.9 Å². The summed E-state index contributed by atoms with van der Waals surface area (Å²) in [5, 5.41) is 18.6. The summed E-state index contributed by atoms with van der Waals surface area (Å²) in [6.07, 6.45) is 0. The lowest BCUT2D eigenvalue weighted by molar-refractivity contribution is 0.281. The summed E-state index contributed by atoms with van der Waals surface area (Å²) in [4.78, 5) is 1.92. The first-order valence-electron chi connectivity index (χ1n) is 4.92. The number of aliphatic hydroxyl groups is 2. The van der Waals surface area contributed by atoms with Crippen molar-refractivity contribution >= 4 is 17.3 Å². The minimum absolute atomic E-state index is 0.0615. The van der Waals surface area contributed by atoms with Gasteiger partial charge in [-0.05, 0) is 24.6 Å². The molecule has 15 heavy (non-hydrogen) atoms. The largest absolute Gasteiger partial charge is 0.395 e. The lowest BCUT2D eigenvalue weighted by atomic mass is 10.2. The van der Waals surface area contributed by atoms with Gasteiger partial charge >= 0.3 is 0 Å². The van der Waals surface area contributed by atoms with E-state index in [1.807, 2.05) is 30.0 Å². The van der Waals surface area contributed by atoms with Gasteiger partial charge in [0.2, 0.25) is 0 Å². The first-order chi connectivity index (χ1) is 7.20. The maximum Gasteiger partial charge on any atom is 0.0606 e. The van der Waals surface area contributed by atoms with Crippen molar-refractivity contribution in [2.45, 2.75) is 6.92 Å². The Morgan fingerprint density at radius 1 is 1.20 bits per heavy atom. The van der Waals surface area contributed by atoms with Crippen LogP contribution in [0.25, 0.3) is 0 Å². The van der Waals surface area contributed by atoms with Crippen molar-refractivity contribution in [1.29, 1.82) is 0 Å². The van der Waals surface area contributed by atoms with Gasteiger partial charge in [0.1, 0.15) is 0 Å². The Bertz CT molecular complexity index is 311. The van der Waals surface area contributed by atoms with Crippen LogP contribution in [0.15, 0.2) is 18.2 Å². The number of halogens is 1. The van der Waals surface area contributed by atoms with E-state index in [0.717, 1.165) is 11.3 Å². The van der Waals surface area contributed by atoms with Crippen molar-refractivity contribution in [2.75, 3.05) is 31.2 Å². The molecule has 0 aliphatic rings. The first-order valence-corrected chi connectivity index (χ1v) is 5.30. The van der Waals surface area contributed by atoms with Crippen LogP contribution >= 0.6 is 11.6 Å². The van der Waals surface area contributed by atoms with Crippen molar-refractivity contribution in [2.24, 2.45) is 0 Å². The molecule has 1 aromatic rings. The molecule has 0 saturated carbocycles. The third-order valence-electron chi connectivity index (χ3n) is 2.32. The summed E-state index contributed by atoms with van der Waals surface area (Å²) >= 11 is 6.01. The molecule has 0 saturated heterocycles. The fraction of sp³-hybridized carbons (Fsp3) is 0.455. The predicted octanol–water partition coefficient (Wildman–Crippen LogP) is 1.44. The molecule has 1 aromatic carbocycles. The van der Waals surface area contributed by atoms with Crippen LogP contribution in [-0.4, -0.2) is 36.5 Å². The van der Waals surface area contributed by atoms with Gasteiger partial charge in [0.25, 0.3) is 0 Å². The summed E-state index contributed by atoms with van der Waals surface area (Å²) < 4.78 is 0. The molecule has 0 spiro atoms. The molecule has 1 rings (SSSR count). The van der Waals surface area contributed by atoms with Crippen molar-refractivity contribution < 1.29 is 10.2 Å². The highest BCUT2D eigenvalue weighted by molar-refractivity contribution is 6.31. The van der Waals surface area contributed by atoms with Gasteiger partial charge in [-0.2, -0.15) is 0 Å². The summed E-state index contributed by atoms with van der Waals surface area (Å²) in [6.45, 7) is 3.06. The van der Waals surface area contributed by atoms with Crippen molar-refractivity contribution in [3.05, 3.63) is 28.8 Å². The summed E-state index contributed by atoms with van der Waals surface area (Å²) in [6, 6.07) is 5.63. The van der Waals surface area contributed by atoms with E-state index in [9.17, 15) is 0 Å². The average Bonchev–Trinajstić information content (AvgIpc) is 2.22. The van der Waals surface area contributed by atoms with Gasteiger partial charge in [0.15, 0.2) is 0 Å². The van der Waals surface area contributed by atoms with E-state index < -0.39 is 0 Å². The Morgan fingerprint density at radius 3 is 2.33 bits per heavy atom. The number of anilines is 1. The highest BCUT2D eigenvalue weighted by atomic mass is 35.5. The molecule has 84 valence electrons. The van der Waals surface area contributed by atoms with Crippen LogP contribution in [0.3, 0.4) is 0 Å². The van der Waals surface area contributed by atoms with Gasteiger partial charge < -0.3 is 15.1 Å². The Morgan fingerprint density at radius 2 is 1.80 bits per heavy atom. The van der Waals surface area contributed by atoms with E-state index >= 15 is 0 Å². The van der Waals surface area contributed by atoms with E-state index in [1.54, 1.807) is 0 Å². The first kappa shape index (κ1) is 12.3. The lowest BCUT2D eigenvalue weighted by Gasteiger charge is -2.25. The molecular formula is C11H16ClNO2. The van der Waals surface area contributed by atoms with Crippen LogP contribution in [0.1, 0.15) is 5.56 Å². The second kappa shape index (κ2) is 5.95. The molecule has 0 amide bonds. The Hall–Kier alpha value is -0.770. The molecule has 4 heteroatoms. The fourth-order valence-electron chi connectivity index (χ4n) is 1.53. The quantitative estimate of drug-likeness (QED) is 0.803. The normalized spacial score (nSPS) is 10.4. The molecule has 0 fully saturated rings. The molecule has 0 radical (unpaired) electrons. The third-order valence-corrected chi connectivity index (χ3v) is 2.73. The topological polar surface area (TPSA) is 43.7 Å². The van der Waals surface area contributed by atoms with E-state index in [-0.39, 0.29) is 13.2 Å². The van der Waals surface area contributed by atoms with Gasteiger partial charge in [-0.1, -0.05) is 17.7 Å². The fourth-order valence-corrected chi connectivity index (χ4v) is 1.70. The second-order valence-electron chi connectivity index (χ2n) is 3.32. The van der Waals surface area contributed by atoms with E-state index in [0.29, 0.717) is 18.1 Å². The molecule has 0 bridgehead atoms. The van der Waals surface area contributed by atoms with Crippen LogP contribution < -0.4 is 4.90 Å². The maximum atomic E-state index is 8.93. The molecule has 3 nitrogen and oxygen atoms in total. The van der Waals surface area contributed by atoms with Crippen LogP contribution in [0.2, 0.25) is 5.02 Å². The molecule has 0 heterocycles. The maximum absolute atomic E-state index is 8.93. The number of nitrogens with zero attached hydrogens (tertiary/aromatic N) is 1.